The minimum Gasteiger partial charge on any atom is -0.444 e. The van der Waals surface area contributed by atoms with Crippen molar-refractivity contribution < 1.29 is 19.1 Å². The van der Waals surface area contributed by atoms with E-state index in [0.717, 1.165) is 0 Å². The molecule has 0 aromatic carbocycles. The average molecular weight is 229 g/mol. The SMILES string of the molecule is CC(=O)[C@@H](NC(=O)OC(C)(C)C)[C@@H](C)C=O. The Morgan fingerprint density at radius 3 is 2.12 bits per heavy atom. The predicted molar refractivity (Wildman–Crippen MR) is 59.1 cm³/mol. The van der Waals surface area contributed by atoms with Gasteiger partial charge in [-0.2, -0.15) is 0 Å². The molecule has 0 aromatic rings. The van der Waals surface area contributed by atoms with Crippen LogP contribution < -0.4 is 5.32 Å². The van der Waals surface area contributed by atoms with Gasteiger partial charge in [-0.25, -0.2) is 4.79 Å². The summed E-state index contributed by atoms with van der Waals surface area (Å²) in [5.74, 6) is -0.838. The summed E-state index contributed by atoms with van der Waals surface area (Å²) in [5, 5.41) is 2.38. The van der Waals surface area contributed by atoms with E-state index in [1.165, 1.54) is 6.92 Å². The van der Waals surface area contributed by atoms with Crippen LogP contribution in [0.2, 0.25) is 0 Å². The molecule has 0 radical (unpaired) electrons. The van der Waals surface area contributed by atoms with Crippen LogP contribution in [-0.4, -0.2) is 29.8 Å². The standard InChI is InChI=1S/C11H19NO4/c1-7(6-13)9(8(2)14)12-10(15)16-11(3,4)5/h6-7,9H,1-5H3,(H,12,15)/t7-,9-/m0/s1. The number of carbonyl (C=O) groups is 3. The van der Waals surface area contributed by atoms with Gasteiger partial charge in [0, 0.05) is 5.92 Å². The molecule has 16 heavy (non-hydrogen) atoms. The zero-order valence-electron chi connectivity index (χ0n) is 10.4. The molecule has 0 saturated heterocycles. The van der Waals surface area contributed by atoms with Gasteiger partial charge in [-0.3, -0.25) is 4.79 Å². The molecule has 1 N–H and O–H groups in total. The van der Waals surface area contributed by atoms with Gasteiger partial charge in [0.2, 0.25) is 0 Å². The lowest BCUT2D eigenvalue weighted by atomic mass is 10.0. The van der Waals surface area contributed by atoms with Gasteiger partial charge >= 0.3 is 6.09 Å². The number of carbonyl (C=O) groups excluding carboxylic acids is 3. The molecule has 1 amide bonds. The van der Waals surface area contributed by atoms with E-state index in [1.807, 2.05) is 0 Å². The van der Waals surface area contributed by atoms with Crippen LogP contribution in [0.4, 0.5) is 4.79 Å². The Kier molecular flexibility index (Phi) is 5.14. The molecule has 5 nitrogen and oxygen atoms in total. The molecule has 0 aromatic heterocycles. The number of ketones is 1. The first-order valence-corrected chi connectivity index (χ1v) is 5.12. The van der Waals surface area contributed by atoms with Crippen LogP contribution in [0.5, 0.6) is 0 Å². The number of rotatable bonds is 4. The summed E-state index contributed by atoms with van der Waals surface area (Å²) < 4.78 is 4.99. The molecular weight excluding hydrogens is 210 g/mol. The molecule has 0 aliphatic heterocycles. The van der Waals surface area contributed by atoms with Gasteiger partial charge in [-0.1, -0.05) is 6.92 Å². The summed E-state index contributed by atoms with van der Waals surface area (Å²) in [6, 6.07) is -0.827. The second-order valence-electron chi connectivity index (χ2n) is 4.73. The Morgan fingerprint density at radius 2 is 1.81 bits per heavy atom. The summed E-state index contributed by atoms with van der Waals surface area (Å²) in [6.07, 6.45) is -0.0647. The molecule has 0 heterocycles. The first-order chi connectivity index (χ1) is 7.17. The number of nitrogens with one attached hydrogen (secondary N) is 1. The van der Waals surface area contributed by atoms with Gasteiger partial charge in [0.15, 0.2) is 5.78 Å². The van der Waals surface area contributed by atoms with Gasteiger partial charge in [-0.05, 0) is 27.7 Å². The highest BCUT2D eigenvalue weighted by Crippen LogP contribution is 2.08. The Labute approximate surface area is 95.5 Å². The second-order valence-corrected chi connectivity index (χ2v) is 4.73. The van der Waals surface area contributed by atoms with Gasteiger partial charge in [-0.15, -0.1) is 0 Å². The lowest BCUT2D eigenvalue weighted by Crippen LogP contribution is -2.46. The monoisotopic (exact) mass is 229 g/mol. The number of hydrogen-bond acceptors (Lipinski definition) is 4. The van der Waals surface area contributed by atoms with E-state index in [1.54, 1.807) is 27.7 Å². The molecule has 0 saturated carbocycles. The van der Waals surface area contributed by atoms with Crippen molar-refractivity contribution in [3.8, 4) is 0 Å². The highest BCUT2D eigenvalue weighted by molar-refractivity contribution is 5.88. The summed E-state index contributed by atoms with van der Waals surface area (Å²) >= 11 is 0. The van der Waals surface area contributed by atoms with E-state index >= 15 is 0 Å². The van der Waals surface area contributed by atoms with Crippen molar-refractivity contribution in [2.24, 2.45) is 5.92 Å². The van der Waals surface area contributed by atoms with Gasteiger partial charge in [0.1, 0.15) is 11.9 Å². The summed E-state index contributed by atoms with van der Waals surface area (Å²) in [6.45, 7) is 8.05. The molecule has 0 spiro atoms. The number of hydrogen-bond donors (Lipinski definition) is 1. The van der Waals surface area contributed by atoms with Crippen LogP contribution in [-0.2, 0) is 14.3 Å². The molecule has 0 unspecified atom stereocenters. The molecule has 5 heteroatoms. The quantitative estimate of drug-likeness (QED) is 0.737. The van der Waals surface area contributed by atoms with Crippen LogP contribution >= 0.6 is 0 Å². The van der Waals surface area contributed by atoms with Crippen molar-refractivity contribution in [1.82, 2.24) is 5.32 Å². The topological polar surface area (TPSA) is 72.5 Å². The minimum atomic E-state index is -0.827. The zero-order chi connectivity index (χ0) is 12.9. The third kappa shape index (κ3) is 5.48. The van der Waals surface area contributed by atoms with E-state index in [0.29, 0.717) is 6.29 Å². The molecule has 92 valence electrons. The predicted octanol–water partition coefficient (Wildman–Crippen LogP) is 1.30. The molecule has 0 bridgehead atoms. The van der Waals surface area contributed by atoms with Gasteiger partial charge in [0.05, 0.1) is 6.04 Å². The number of amides is 1. The van der Waals surface area contributed by atoms with Crippen molar-refractivity contribution >= 4 is 18.2 Å². The lowest BCUT2D eigenvalue weighted by Gasteiger charge is -2.23. The fraction of sp³-hybridized carbons (Fsp3) is 0.727. The van der Waals surface area contributed by atoms with Crippen molar-refractivity contribution in [2.75, 3.05) is 0 Å². The first-order valence-electron chi connectivity index (χ1n) is 5.12. The fourth-order valence-electron chi connectivity index (χ4n) is 1.12. The van der Waals surface area contributed by atoms with Crippen LogP contribution in [0, 0.1) is 5.92 Å². The van der Waals surface area contributed by atoms with E-state index in [-0.39, 0.29) is 5.78 Å². The van der Waals surface area contributed by atoms with Crippen LogP contribution in [0.25, 0.3) is 0 Å². The fourth-order valence-corrected chi connectivity index (χ4v) is 1.12. The van der Waals surface area contributed by atoms with E-state index < -0.39 is 23.7 Å². The normalized spacial score (nSPS) is 14.8. The molecule has 0 aliphatic rings. The number of alkyl carbamates (subject to hydrolysis) is 1. The summed E-state index contributed by atoms with van der Waals surface area (Å²) in [4.78, 5) is 33.2. The third-order valence-electron chi connectivity index (χ3n) is 1.85. The minimum absolute atomic E-state index is 0.273. The molecule has 2 atom stereocenters. The summed E-state index contributed by atoms with van der Waals surface area (Å²) in [5.41, 5.74) is -0.629. The van der Waals surface area contributed by atoms with Gasteiger partial charge < -0.3 is 14.8 Å². The third-order valence-corrected chi connectivity index (χ3v) is 1.85. The largest absolute Gasteiger partial charge is 0.444 e. The van der Waals surface area contributed by atoms with Crippen LogP contribution in [0.15, 0.2) is 0 Å². The van der Waals surface area contributed by atoms with Gasteiger partial charge in [0.25, 0.3) is 0 Å². The Hall–Kier alpha value is -1.39. The lowest BCUT2D eigenvalue weighted by molar-refractivity contribution is -0.123. The summed E-state index contributed by atoms with van der Waals surface area (Å²) in [7, 11) is 0. The molecule has 0 rings (SSSR count). The highest BCUT2D eigenvalue weighted by Gasteiger charge is 2.26. The van der Waals surface area contributed by atoms with Crippen LogP contribution in [0.3, 0.4) is 0 Å². The van der Waals surface area contributed by atoms with Crippen LogP contribution in [0.1, 0.15) is 34.6 Å². The maximum absolute atomic E-state index is 11.4. The maximum Gasteiger partial charge on any atom is 0.408 e. The highest BCUT2D eigenvalue weighted by atomic mass is 16.6. The number of ether oxygens (including phenoxy) is 1. The second kappa shape index (κ2) is 5.63. The smallest absolute Gasteiger partial charge is 0.408 e. The Balaban J connectivity index is 4.47. The van der Waals surface area contributed by atoms with Crippen molar-refractivity contribution in [1.29, 1.82) is 0 Å². The first kappa shape index (κ1) is 14.6. The molecule has 0 fully saturated rings. The van der Waals surface area contributed by atoms with Crippen molar-refractivity contribution in [3.05, 3.63) is 0 Å². The zero-order valence-corrected chi connectivity index (χ0v) is 10.4. The van der Waals surface area contributed by atoms with Crippen molar-refractivity contribution in [3.63, 3.8) is 0 Å². The number of aldehydes is 1. The Morgan fingerprint density at radius 1 is 1.31 bits per heavy atom. The maximum atomic E-state index is 11.4. The van der Waals surface area contributed by atoms with E-state index in [9.17, 15) is 14.4 Å². The average Bonchev–Trinajstić information content (AvgIpc) is 2.09. The van der Waals surface area contributed by atoms with Crippen molar-refractivity contribution in [2.45, 2.75) is 46.3 Å². The number of Topliss-reactive ketones (excluding diaryl/α,β-unsaturated/α-hetero) is 1. The van der Waals surface area contributed by atoms with E-state index in [4.69, 9.17) is 4.74 Å². The van der Waals surface area contributed by atoms with E-state index in [2.05, 4.69) is 5.32 Å². The molecular formula is C11H19NO4. The Bertz CT molecular complexity index is 280. The molecule has 0 aliphatic carbocycles.